The normalized spacial score (nSPS) is 14.5. The third-order valence-electron chi connectivity index (χ3n) is 4.41. The van der Waals surface area contributed by atoms with Crippen LogP contribution in [0.15, 0.2) is 30.3 Å². The first-order valence-electron chi connectivity index (χ1n) is 8.57. The van der Waals surface area contributed by atoms with E-state index in [1.165, 1.54) is 17.5 Å². The van der Waals surface area contributed by atoms with Crippen LogP contribution in [0, 0.1) is 13.8 Å². The Kier molecular flexibility index (Phi) is 5.08. The molecule has 0 spiro atoms. The number of benzene rings is 1. The molecule has 1 aliphatic heterocycles. The zero-order valence-corrected chi connectivity index (χ0v) is 14.4. The van der Waals surface area contributed by atoms with Crippen LogP contribution in [-0.4, -0.2) is 33.9 Å². The van der Waals surface area contributed by atoms with Gasteiger partial charge in [-0.05, 0) is 50.3 Å². The van der Waals surface area contributed by atoms with Gasteiger partial charge in [0.15, 0.2) is 0 Å². The van der Waals surface area contributed by atoms with Gasteiger partial charge < -0.3 is 10.2 Å². The number of anilines is 1. The first kappa shape index (κ1) is 16.4. The maximum atomic E-state index is 12.6. The second-order valence-electron chi connectivity index (χ2n) is 6.35. The number of hydrogen-bond acceptors (Lipinski definition) is 4. The summed E-state index contributed by atoms with van der Waals surface area (Å²) in [6.45, 7) is 6.28. The Morgan fingerprint density at radius 2 is 1.88 bits per heavy atom. The number of rotatable bonds is 4. The Balaban J connectivity index is 1.73. The smallest absolute Gasteiger partial charge is 0.272 e. The average Bonchev–Trinajstić information content (AvgIpc) is 2.61. The highest BCUT2D eigenvalue weighted by Gasteiger charge is 2.20. The standard InChI is InChI=1S/C19H24N4O/c1-14-8-4-5-9-16(14)13-20-19-21-15(2)12-17(22-19)18(24)23-10-6-3-7-11-23/h4-5,8-9,12H,3,6-7,10-11,13H2,1-2H3,(H,20,21,22). The predicted octanol–water partition coefficient (Wildman–Crippen LogP) is 3.33. The molecule has 0 bridgehead atoms. The number of hydrogen-bond donors (Lipinski definition) is 1. The molecule has 5 heteroatoms. The Morgan fingerprint density at radius 1 is 1.12 bits per heavy atom. The summed E-state index contributed by atoms with van der Waals surface area (Å²) >= 11 is 0. The van der Waals surface area contributed by atoms with Gasteiger partial charge in [0, 0.05) is 25.3 Å². The van der Waals surface area contributed by atoms with E-state index in [0.29, 0.717) is 18.2 Å². The molecular weight excluding hydrogens is 300 g/mol. The zero-order chi connectivity index (χ0) is 16.9. The van der Waals surface area contributed by atoms with Crippen molar-refractivity contribution in [1.82, 2.24) is 14.9 Å². The summed E-state index contributed by atoms with van der Waals surface area (Å²) in [7, 11) is 0. The molecule has 3 rings (SSSR count). The monoisotopic (exact) mass is 324 g/mol. The van der Waals surface area contributed by atoms with E-state index in [2.05, 4.69) is 34.3 Å². The summed E-state index contributed by atoms with van der Waals surface area (Å²) < 4.78 is 0. The molecule has 24 heavy (non-hydrogen) atoms. The van der Waals surface area contributed by atoms with E-state index in [1.54, 1.807) is 6.07 Å². The fraction of sp³-hybridized carbons (Fsp3) is 0.421. The van der Waals surface area contributed by atoms with Crippen LogP contribution in [0.4, 0.5) is 5.95 Å². The summed E-state index contributed by atoms with van der Waals surface area (Å²) in [4.78, 5) is 23.4. The minimum Gasteiger partial charge on any atom is -0.350 e. The van der Waals surface area contributed by atoms with E-state index in [4.69, 9.17) is 0 Å². The molecule has 1 fully saturated rings. The van der Waals surface area contributed by atoms with Gasteiger partial charge in [0.05, 0.1) is 0 Å². The minimum absolute atomic E-state index is 0.0131. The number of piperidine rings is 1. The summed E-state index contributed by atoms with van der Waals surface area (Å²) in [5, 5.41) is 3.25. The van der Waals surface area contributed by atoms with E-state index in [0.717, 1.165) is 31.6 Å². The number of carbonyl (C=O) groups excluding carboxylic acids is 1. The van der Waals surface area contributed by atoms with Gasteiger partial charge in [0.25, 0.3) is 5.91 Å². The van der Waals surface area contributed by atoms with Crippen LogP contribution in [0.1, 0.15) is 46.6 Å². The van der Waals surface area contributed by atoms with Crippen molar-refractivity contribution in [3.8, 4) is 0 Å². The molecule has 0 saturated carbocycles. The van der Waals surface area contributed by atoms with Crippen LogP contribution in [-0.2, 0) is 6.54 Å². The molecule has 1 aliphatic rings. The van der Waals surface area contributed by atoms with Crippen molar-refractivity contribution in [1.29, 1.82) is 0 Å². The third-order valence-corrected chi connectivity index (χ3v) is 4.41. The summed E-state index contributed by atoms with van der Waals surface area (Å²) in [6.07, 6.45) is 3.36. The third kappa shape index (κ3) is 3.91. The van der Waals surface area contributed by atoms with Crippen LogP contribution in [0.2, 0.25) is 0 Å². The molecule has 1 N–H and O–H groups in total. The van der Waals surface area contributed by atoms with Crippen molar-refractivity contribution >= 4 is 11.9 Å². The number of amides is 1. The van der Waals surface area contributed by atoms with Crippen molar-refractivity contribution in [3.05, 3.63) is 52.8 Å². The number of aryl methyl sites for hydroxylation is 2. The van der Waals surface area contributed by atoms with Gasteiger partial charge in [-0.15, -0.1) is 0 Å². The first-order chi connectivity index (χ1) is 11.6. The average molecular weight is 324 g/mol. The van der Waals surface area contributed by atoms with Gasteiger partial charge in [-0.25, -0.2) is 9.97 Å². The molecule has 2 heterocycles. The summed E-state index contributed by atoms with van der Waals surface area (Å²) in [5.74, 6) is 0.526. The molecule has 5 nitrogen and oxygen atoms in total. The molecule has 0 atom stereocenters. The van der Waals surface area contributed by atoms with Gasteiger partial charge in [-0.1, -0.05) is 24.3 Å². The van der Waals surface area contributed by atoms with E-state index < -0.39 is 0 Å². The number of likely N-dealkylation sites (tertiary alicyclic amines) is 1. The first-order valence-corrected chi connectivity index (χ1v) is 8.57. The number of carbonyl (C=O) groups is 1. The molecule has 1 aromatic carbocycles. The molecule has 2 aromatic rings. The highest BCUT2D eigenvalue weighted by molar-refractivity contribution is 5.92. The van der Waals surface area contributed by atoms with Gasteiger partial charge in [0.2, 0.25) is 5.95 Å². The maximum absolute atomic E-state index is 12.6. The Hall–Kier alpha value is -2.43. The number of nitrogens with zero attached hydrogens (tertiary/aromatic N) is 3. The van der Waals surface area contributed by atoms with E-state index in [1.807, 2.05) is 24.0 Å². The second-order valence-corrected chi connectivity index (χ2v) is 6.35. The molecule has 0 unspecified atom stereocenters. The van der Waals surface area contributed by atoms with Crippen molar-refractivity contribution in [2.24, 2.45) is 0 Å². The molecule has 1 saturated heterocycles. The Labute approximate surface area is 143 Å². The summed E-state index contributed by atoms with van der Waals surface area (Å²) in [5.41, 5.74) is 3.71. The van der Waals surface area contributed by atoms with E-state index in [-0.39, 0.29) is 5.91 Å². The van der Waals surface area contributed by atoms with Gasteiger partial charge in [0.1, 0.15) is 5.69 Å². The SMILES string of the molecule is Cc1cc(C(=O)N2CCCCC2)nc(NCc2ccccc2C)n1. The van der Waals surface area contributed by atoms with Crippen LogP contribution in [0.25, 0.3) is 0 Å². The quantitative estimate of drug-likeness (QED) is 0.937. The lowest BCUT2D eigenvalue weighted by Crippen LogP contribution is -2.36. The number of aromatic nitrogens is 2. The van der Waals surface area contributed by atoms with Crippen molar-refractivity contribution in [2.45, 2.75) is 39.7 Å². The topological polar surface area (TPSA) is 58.1 Å². The molecule has 0 radical (unpaired) electrons. The molecule has 0 aliphatic carbocycles. The maximum Gasteiger partial charge on any atom is 0.272 e. The lowest BCUT2D eigenvalue weighted by Gasteiger charge is -2.26. The van der Waals surface area contributed by atoms with Gasteiger partial charge in [-0.2, -0.15) is 0 Å². The lowest BCUT2D eigenvalue weighted by atomic mass is 10.1. The van der Waals surface area contributed by atoms with Crippen LogP contribution in [0.5, 0.6) is 0 Å². The molecule has 1 amide bonds. The molecule has 126 valence electrons. The fourth-order valence-electron chi connectivity index (χ4n) is 3.00. The van der Waals surface area contributed by atoms with Crippen LogP contribution in [0.3, 0.4) is 0 Å². The van der Waals surface area contributed by atoms with Gasteiger partial charge in [-0.3, -0.25) is 4.79 Å². The Morgan fingerprint density at radius 3 is 2.62 bits per heavy atom. The highest BCUT2D eigenvalue weighted by atomic mass is 16.2. The van der Waals surface area contributed by atoms with Crippen LogP contribution >= 0.6 is 0 Å². The molecule has 1 aromatic heterocycles. The van der Waals surface area contributed by atoms with Crippen molar-refractivity contribution in [2.75, 3.05) is 18.4 Å². The second kappa shape index (κ2) is 7.43. The van der Waals surface area contributed by atoms with E-state index in [9.17, 15) is 4.79 Å². The van der Waals surface area contributed by atoms with Crippen LogP contribution < -0.4 is 5.32 Å². The molecular formula is C19H24N4O. The predicted molar refractivity (Wildman–Crippen MR) is 95.0 cm³/mol. The largest absolute Gasteiger partial charge is 0.350 e. The lowest BCUT2D eigenvalue weighted by molar-refractivity contribution is 0.0718. The van der Waals surface area contributed by atoms with Crippen molar-refractivity contribution in [3.63, 3.8) is 0 Å². The summed E-state index contributed by atoms with van der Waals surface area (Å²) in [6, 6.07) is 9.98. The highest BCUT2D eigenvalue weighted by Crippen LogP contribution is 2.15. The van der Waals surface area contributed by atoms with Crippen molar-refractivity contribution < 1.29 is 4.79 Å². The minimum atomic E-state index is 0.0131. The number of nitrogens with one attached hydrogen (secondary N) is 1. The van der Waals surface area contributed by atoms with Gasteiger partial charge >= 0.3 is 0 Å². The Bertz CT molecular complexity index is 723. The fourth-order valence-corrected chi connectivity index (χ4v) is 3.00. The van der Waals surface area contributed by atoms with E-state index >= 15 is 0 Å². The zero-order valence-electron chi connectivity index (χ0n) is 14.4.